The van der Waals surface area contributed by atoms with Crippen LogP contribution in [0.5, 0.6) is 5.75 Å². The van der Waals surface area contributed by atoms with Crippen LogP contribution < -0.4 is 10.1 Å². The van der Waals surface area contributed by atoms with Crippen LogP contribution in [0.4, 0.5) is 0 Å². The molecular formula is C14H17Cl2NO4. The SMILES string of the molecule is CC(C)C[C@@H](NC(=O)COc1ccc(Cl)cc1Cl)C(=O)O. The summed E-state index contributed by atoms with van der Waals surface area (Å²) in [6.07, 6.45) is 0.350. The Morgan fingerprint density at radius 1 is 1.33 bits per heavy atom. The minimum absolute atomic E-state index is 0.151. The van der Waals surface area contributed by atoms with E-state index in [1.54, 1.807) is 12.1 Å². The lowest BCUT2D eigenvalue weighted by Crippen LogP contribution is -2.43. The van der Waals surface area contributed by atoms with E-state index in [-0.39, 0.29) is 17.5 Å². The number of carbonyl (C=O) groups is 2. The normalized spacial score (nSPS) is 12.0. The predicted molar refractivity (Wildman–Crippen MR) is 81.0 cm³/mol. The van der Waals surface area contributed by atoms with Crippen molar-refractivity contribution in [2.24, 2.45) is 5.92 Å². The first-order valence-corrected chi connectivity index (χ1v) is 7.15. The van der Waals surface area contributed by atoms with E-state index in [1.807, 2.05) is 13.8 Å². The number of nitrogens with one attached hydrogen (secondary N) is 1. The molecule has 1 aromatic rings. The molecule has 0 spiro atoms. The molecule has 2 N–H and O–H groups in total. The Morgan fingerprint density at radius 3 is 2.52 bits per heavy atom. The number of hydrogen-bond donors (Lipinski definition) is 2. The Morgan fingerprint density at radius 2 is 2.00 bits per heavy atom. The number of amides is 1. The number of carboxylic acid groups (broad SMARTS) is 1. The van der Waals surface area contributed by atoms with Crippen LogP contribution >= 0.6 is 23.2 Å². The molecule has 21 heavy (non-hydrogen) atoms. The Kier molecular flexibility index (Phi) is 6.78. The van der Waals surface area contributed by atoms with Crippen LogP contribution in [0.25, 0.3) is 0 Å². The molecule has 0 aliphatic rings. The number of halogens is 2. The molecule has 0 aliphatic heterocycles. The molecule has 0 fully saturated rings. The molecule has 0 saturated carbocycles. The van der Waals surface area contributed by atoms with Gasteiger partial charge in [0.15, 0.2) is 6.61 Å². The van der Waals surface area contributed by atoms with Gasteiger partial charge in [0.1, 0.15) is 11.8 Å². The molecule has 0 aromatic heterocycles. The summed E-state index contributed by atoms with van der Waals surface area (Å²) in [5, 5.41) is 12.2. The van der Waals surface area contributed by atoms with Crippen molar-refractivity contribution in [3.63, 3.8) is 0 Å². The lowest BCUT2D eigenvalue weighted by atomic mass is 10.0. The first-order chi connectivity index (χ1) is 9.79. The van der Waals surface area contributed by atoms with E-state index in [9.17, 15) is 9.59 Å². The molecule has 0 saturated heterocycles. The molecule has 7 heteroatoms. The summed E-state index contributed by atoms with van der Waals surface area (Å²) < 4.78 is 5.24. The van der Waals surface area contributed by atoms with E-state index >= 15 is 0 Å². The average molecular weight is 334 g/mol. The number of carboxylic acids is 1. The minimum atomic E-state index is -1.07. The van der Waals surface area contributed by atoms with Crippen LogP contribution in [-0.4, -0.2) is 29.6 Å². The van der Waals surface area contributed by atoms with Crippen molar-refractivity contribution in [1.29, 1.82) is 0 Å². The number of rotatable bonds is 7. The summed E-state index contributed by atoms with van der Waals surface area (Å²) in [5.41, 5.74) is 0. The second-order valence-electron chi connectivity index (χ2n) is 4.95. The second-order valence-corrected chi connectivity index (χ2v) is 5.79. The molecule has 116 valence electrons. The van der Waals surface area contributed by atoms with Gasteiger partial charge >= 0.3 is 5.97 Å². The predicted octanol–water partition coefficient (Wildman–Crippen LogP) is 2.99. The van der Waals surface area contributed by atoms with E-state index in [0.29, 0.717) is 17.2 Å². The fraction of sp³-hybridized carbons (Fsp3) is 0.429. The third kappa shape index (κ3) is 6.23. The quantitative estimate of drug-likeness (QED) is 0.804. The van der Waals surface area contributed by atoms with Gasteiger partial charge in [-0.05, 0) is 30.5 Å². The third-order valence-corrected chi connectivity index (χ3v) is 3.12. The molecule has 5 nitrogen and oxygen atoms in total. The van der Waals surface area contributed by atoms with Crippen molar-refractivity contribution in [3.8, 4) is 5.75 Å². The zero-order valence-corrected chi connectivity index (χ0v) is 13.2. The van der Waals surface area contributed by atoms with Gasteiger partial charge in [0.2, 0.25) is 0 Å². The van der Waals surface area contributed by atoms with Gasteiger partial charge in [-0.1, -0.05) is 37.0 Å². The fourth-order valence-corrected chi connectivity index (χ4v) is 2.13. The summed E-state index contributed by atoms with van der Waals surface area (Å²) >= 11 is 11.6. The Bertz CT molecular complexity index is 520. The highest BCUT2D eigenvalue weighted by Crippen LogP contribution is 2.27. The topological polar surface area (TPSA) is 75.6 Å². The lowest BCUT2D eigenvalue weighted by Gasteiger charge is -2.16. The van der Waals surface area contributed by atoms with Gasteiger partial charge in [0, 0.05) is 5.02 Å². The number of aliphatic carboxylic acids is 1. The molecule has 1 atom stereocenters. The van der Waals surface area contributed by atoms with E-state index in [0.717, 1.165) is 0 Å². The minimum Gasteiger partial charge on any atom is -0.482 e. The average Bonchev–Trinajstić information content (AvgIpc) is 2.36. The number of carbonyl (C=O) groups excluding carboxylic acids is 1. The maximum absolute atomic E-state index is 11.7. The molecule has 0 heterocycles. The summed E-state index contributed by atoms with van der Waals surface area (Å²) in [6, 6.07) is 3.69. The zero-order valence-electron chi connectivity index (χ0n) is 11.7. The molecule has 1 amide bonds. The van der Waals surface area contributed by atoms with E-state index < -0.39 is 17.9 Å². The van der Waals surface area contributed by atoms with Gasteiger partial charge in [-0.15, -0.1) is 0 Å². The second kappa shape index (κ2) is 8.10. The number of hydrogen-bond acceptors (Lipinski definition) is 3. The molecule has 0 unspecified atom stereocenters. The van der Waals surface area contributed by atoms with Gasteiger partial charge in [-0.25, -0.2) is 4.79 Å². The van der Waals surface area contributed by atoms with Crippen LogP contribution in [0.2, 0.25) is 10.0 Å². The molecule has 0 bridgehead atoms. The standard InChI is InChI=1S/C14H17Cl2NO4/c1-8(2)5-11(14(19)20)17-13(18)7-21-12-4-3-9(15)6-10(12)16/h3-4,6,8,11H,5,7H2,1-2H3,(H,17,18)(H,19,20)/t11-/m1/s1. The van der Waals surface area contributed by atoms with E-state index in [4.69, 9.17) is 33.0 Å². The maximum Gasteiger partial charge on any atom is 0.326 e. The number of ether oxygens (including phenoxy) is 1. The van der Waals surface area contributed by atoms with Crippen molar-refractivity contribution < 1.29 is 19.4 Å². The lowest BCUT2D eigenvalue weighted by molar-refractivity contribution is -0.142. The van der Waals surface area contributed by atoms with Crippen LogP contribution in [0.1, 0.15) is 20.3 Å². The first-order valence-electron chi connectivity index (χ1n) is 6.39. The maximum atomic E-state index is 11.7. The van der Waals surface area contributed by atoms with Crippen LogP contribution in [0.15, 0.2) is 18.2 Å². The van der Waals surface area contributed by atoms with Gasteiger partial charge in [0.25, 0.3) is 5.91 Å². The van der Waals surface area contributed by atoms with Crippen molar-refractivity contribution in [3.05, 3.63) is 28.2 Å². The summed E-state index contributed by atoms with van der Waals surface area (Å²) in [7, 11) is 0. The fourth-order valence-electron chi connectivity index (χ4n) is 1.66. The first kappa shape index (κ1) is 17.6. The van der Waals surface area contributed by atoms with E-state index in [2.05, 4.69) is 5.32 Å². The highest BCUT2D eigenvalue weighted by molar-refractivity contribution is 6.35. The monoisotopic (exact) mass is 333 g/mol. The smallest absolute Gasteiger partial charge is 0.326 e. The summed E-state index contributed by atoms with van der Waals surface area (Å²) in [6.45, 7) is 3.45. The van der Waals surface area contributed by atoms with Crippen molar-refractivity contribution in [2.75, 3.05) is 6.61 Å². The summed E-state index contributed by atoms with van der Waals surface area (Å²) in [5.74, 6) is -1.12. The zero-order chi connectivity index (χ0) is 16.0. The highest BCUT2D eigenvalue weighted by Gasteiger charge is 2.21. The Balaban J connectivity index is 2.54. The summed E-state index contributed by atoms with van der Waals surface area (Å²) in [4.78, 5) is 22.8. The number of benzene rings is 1. The molecule has 1 rings (SSSR count). The molecular weight excluding hydrogens is 317 g/mol. The highest BCUT2D eigenvalue weighted by atomic mass is 35.5. The van der Waals surface area contributed by atoms with Crippen molar-refractivity contribution in [2.45, 2.75) is 26.3 Å². The Labute approximate surface area is 133 Å². The van der Waals surface area contributed by atoms with Gasteiger partial charge in [-0.2, -0.15) is 0 Å². The van der Waals surface area contributed by atoms with Crippen LogP contribution in [0.3, 0.4) is 0 Å². The molecule has 0 radical (unpaired) electrons. The van der Waals surface area contributed by atoms with Gasteiger partial charge < -0.3 is 15.2 Å². The van der Waals surface area contributed by atoms with Crippen LogP contribution in [0, 0.1) is 5.92 Å². The van der Waals surface area contributed by atoms with Crippen molar-refractivity contribution in [1.82, 2.24) is 5.32 Å². The Hall–Kier alpha value is -1.46. The van der Waals surface area contributed by atoms with Gasteiger partial charge in [-0.3, -0.25) is 4.79 Å². The molecule has 1 aromatic carbocycles. The van der Waals surface area contributed by atoms with Crippen LogP contribution in [-0.2, 0) is 9.59 Å². The third-order valence-electron chi connectivity index (χ3n) is 2.59. The largest absolute Gasteiger partial charge is 0.482 e. The molecule has 0 aliphatic carbocycles. The van der Waals surface area contributed by atoms with Crippen molar-refractivity contribution >= 4 is 35.1 Å². The van der Waals surface area contributed by atoms with E-state index in [1.165, 1.54) is 6.07 Å². The van der Waals surface area contributed by atoms with Gasteiger partial charge in [0.05, 0.1) is 5.02 Å².